The molecule has 4 heteroatoms. The molecule has 0 radical (unpaired) electrons. The zero-order chi connectivity index (χ0) is 38.2. The lowest BCUT2D eigenvalue weighted by Crippen LogP contribution is -2.11. The zero-order valence-electron chi connectivity index (χ0n) is 32.4. The van der Waals surface area contributed by atoms with Gasteiger partial charge in [-0.2, -0.15) is 0 Å². The van der Waals surface area contributed by atoms with Crippen molar-refractivity contribution in [3.8, 4) is 17.1 Å². The SMILES string of the molecule is C1=Cc2c(c3c(n2-c2ccc(N(c4ccc(-n5c6c(c7ccccc75)CCC=C6)cc4)c4ccc(-n5c6ccccc6c6ccccc65)cc4)cc2)CCC=C3)CC1. The van der Waals surface area contributed by atoms with E-state index in [1.807, 2.05) is 0 Å². The summed E-state index contributed by atoms with van der Waals surface area (Å²) >= 11 is 0. The molecular formula is C54H42N4. The highest BCUT2D eigenvalue weighted by Gasteiger charge is 2.24. The summed E-state index contributed by atoms with van der Waals surface area (Å²) < 4.78 is 7.34. The second kappa shape index (κ2) is 13.3. The molecule has 4 nitrogen and oxygen atoms in total. The van der Waals surface area contributed by atoms with Crippen molar-refractivity contribution in [1.29, 1.82) is 0 Å². The van der Waals surface area contributed by atoms with E-state index in [4.69, 9.17) is 0 Å². The maximum Gasteiger partial charge on any atom is 0.0541 e. The van der Waals surface area contributed by atoms with Gasteiger partial charge in [-0.25, -0.2) is 0 Å². The van der Waals surface area contributed by atoms with Gasteiger partial charge in [0.25, 0.3) is 0 Å². The minimum Gasteiger partial charge on any atom is -0.313 e. The molecule has 0 N–H and O–H groups in total. The first-order valence-electron chi connectivity index (χ1n) is 20.8. The lowest BCUT2D eigenvalue weighted by atomic mass is 9.96. The largest absolute Gasteiger partial charge is 0.313 e. The molecule has 278 valence electrons. The first-order valence-corrected chi connectivity index (χ1v) is 20.8. The van der Waals surface area contributed by atoms with E-state index in [0.29, 0.717) is 0 Å². The van der Waals surface area contributed by atoms with Crippen LogP contribution in [-0.2, 0) is 19.3 Å². The van der Waals surface area contributed by atoms with Crippen molar-refractivity contribution >= 4 is 68.0 Å². The Hall–Kier alpha value is -7.04. The maximum absolute atomic E-state index is 2.52. The lowest BCUT2D eigenvalue weighted by Gasteiger charge is -2.27. The van der Waals surface area contributed by atoms with E-state index < -0.39 is 0 Å². The lowest BCUT2D eigenvalue weighted by molar-refractivity contribution is 0.868. The van der Waals surface area contributed by atoms with E-state index in [1.165, 1.54) is 77.9 Å². The number of benzene rings is 6. The van der Waals surface area contributed by atoms with Crippen LogP contribution in [0.4, 0.5) is 17.1 Å². The first-order chi connectivity index (χ1) is 28.8. The zero-order valence-corrected chi connectivity index (χ0v) is 32.4. The molecule has 3 aliphatic carbocycles. The topological polar surface area (TPSA) is 18.0 Å². The monoisotopic (exact) mass is 746 g/mol. The fraction of sp³-hybridized carbons (Fsp3) is 0.111. The van der Waals surface area contributed by atoms with Crippen LogP contribution >= 0.6 is 0 Å². The second-order valence-corrected chi connectivity index (χ2v) is 15.9. The van der Waals surface area contributed by atoms with Crippen LogP contribution in [0, 0.1) is 0 Å². The van der Waals surface area contributed by atoms with Gasteiger partial charge in [-0.1, -0.05) is 78.9 Å². The molecule has 0 bridgehead atoms. The Morgan fingerprint density at radius 2 is 0.793 bits per heavy atom. The Balaban J connectivity index is 0.979. The number of para-hydroxylation sites is 3. The van der Waals surface area contributed by atoms with Gasteiger partial charge in [0, 0.05) is 67.4 Å². The molecule has 0 saturated heterocycles. The number of nitrogens with zero attached hydrogens (tertiary/aromatic N) is 4. The van der Waals surface area contributed by atoms with E-state index in [1.54, 1.807) is 0 Å². The Labute approximate surface area is 338 Å². The van der Waals surface area contributed by atoms with Crippen molar-refractivity contribution in [3.05, 3.63) is 198 Å². The second-order valence-electron chi connectivity index (χ2n) is 15.9. The van der Waals surface area contributed by atoms with Crippen molar-refractivity contribution < 1.29 is 0 Å². The third kappa shape index (κ3) is 5.08. The molecule has 12 rings (SSSR count). The van der Waals surface area contributed by atoms with E-state index in [9.17, 15) is 0 Å². The normalized spacial score (nSPS) is 14.3. The fourth-order valence-electron chi connectivity index (χ4n) is 10.1. The molecule has 6 aromatic carbocycles. The smallest absolute Gasteiger partial charge is 0.0541 e. The van der Waals surface area contributed by atoms with Crippen molar-refractivity contribution in [2.24, 2.45) is 0 Å². The molecule has 9 aromatic rings. The predicted octanol–water partition coefficient (Wildman–Crippen LogP) is 13.9. The molecule has 0 unspecified atom stereocenters. The van der Waals surface area contributed by atoms with E-state index in [-0.39, 0.29) is 0 Å². The third-order valence-electron chi connectivity index (χ3n) is 12.7. The Morgan fingerprint density at radius 3 is 1.38 bits per heavy atom. The minimum absolute atomic E-state index is 1.07. The van der Waals surface area contributed by atoms with E-state index in [0.717, 1.165) is 61.3 Å². The molecule has 0 fully saturated rings. The molecule has 0 aliphatic heterocycles. The van der Waals surface area contributed by atoms with Crippen molar-refractivity contribution in [3.63, 3.8) is 0 Å². The number of allylic oxidation sites excluding steroid dienone is 3. The summed E-state index contributed by atoms with van der Waals surface area (Å²) in [6.07, 6.45) is 20.5. The summed E-state index contributed by atoms with van der Waals surface area (Å²) in [7, 11) is 0. The van der Waals surface area contributed by atoms with Crippen LogP contribution in [0.25, 0.3) is 68.0 Å². The Morgan fingerprint density at radius 1 is 0.362 bits per heavy atom. The maximum atomic E-state index is 2.52. The highest BCUT2D eigenvalue weighted by Crippen LogP contribution is 2.41. The van der Waals surface area contributed by atoms with Gasteiger partial charge in [-0.3, -0.25) is 0 Å². The van der Waals surface area contributed by atoms with Gasteiger partial charge in [-0.15, -0.1) is 0 Å². The van der Waals surface area contributed by atoms with E-state index in [2.05, 4.69) is 201 Å². The number of hydrogen-bond donors (Lipinski definition) is 0. The number of rotatable bonds is 6. The van der Waals surface area contributed by atoms with Gasteiger partial charge < -0.3 is 18.6 Å². The fourth-order valence-corrected chi connectivity index (χ4v) is 10.1. The average molecular weight is 747 g/mol. The molecule has 3 heterocycles. The number of aromatic nitrogens is 3. The molecular weight excluding hydrogens is 705 g/mol. The van der Waals surface area contributed by atoms with Crippen LogP contribution in [0.3, 0.4) is 0 Å². The molecule has 0 spiro atoms. The third-order valence-corrected chi connectivity index (χ3v) is 12.7. The van der Waals surface area contributed by atoms with Gasteiger partial charge in [0.05, 0.1) is 16.6 Å². The quantitative estimate of drug-likeness (QED) is 0.166. The Kier molecular flexibility index (Phi) is 7.59. The highest BCUT2D eigenvalue weighted by atomic mass is 15.1. The standard InChI is InChI=1S/C54H42N4/c1-7-19-49-43(13-1)44-14-2-8-20-50(44)56(49)40-31-25-37(26-32-40)55(38-27-33-41(34-28-38)57-51-21-9-3-15-45(51)46-16-4-10-22-52(46)57)39-29-35-42(36-30-39)58-53-23-11-5-17-47(53)48-18-6-12-24-54(48)58/h1-3,5,7-10,12-15,17,19-22,24-36H,4,6,11,16,18,23H2. The number of aryl methyl sites for hydroxylation is 1. The van der Waals surface area contributed by atoms with Crippen LogP contribution in [-0.4, -0.2) is 13.7 Å². The van der Waals surface area contributed by atoms with Gasteiger partial charge >= 0.3 is 0 Å². The van der Waals surface area contributed by atoms with Crippen LogP contribution < -0.4 is 4.90 Å². The number of hydrogen-bond acceptors (Lipinski definition) is 1. The summed E-state index contributed by atoms with van der Waals surface area (Å²) in [5.74, 6) is 0. The van der Waals surface area contributed by atoms with Gasteiger partial charge in [0.15, 0.2) is 0 Å². The molecule has 0 atom stereocenters. The molecule has 58 heavy (non-hydrogen) atoms. The summed E-state index contributed by atoms with van der Waals surface area (Å²) in [6.45, 7) is 0. The minimum atomic E-state index is 1.07. The average Bonchev–Trinajstić information content (AvgIpc) is 3.93. The van der Waals surface area contributed by atoms with Crippen LogP contribution in [0.2, 0.25) is 0 Å². The van der Waals surface area contributed by atoms with Crippen LogP contribution in [0.15, 0.2) is 164 Å². The van der Waals surface area contributed by atoms with Crippen LogP contribution in [0.5, 0.6) is 0 Å². The number of fused-ring (bicyclic) bond motifs is 9. The first kappa shape index (κ1) is 33.1. The highest BCUT2D eigenvalue weighted by molar-refractivity contribution is 6.09. The van der Waals surface area contributed by atoms with Gasteiger partial charge in [-0.05, 0) is 158 Å². The summed E-state index contributed by atoms with van der Waals surface area (Å²) in [4.78, 5) is 2.40. The molecule has 3 aromatic heterocycles. The van der Waals surface area contributed by atoms with E-state index >= 15 is 0 Å². The molecule has 3 aliphatic rings. The summed E-state index contributed by atoms with van der Waals surface area (Å²) in [6, 6.07) is 53.8. The van der Waals surface area contributed by atoms with Crippen molar-refractivity contribution in [2.75, 3.05) is 4.90 Å². The predicted molar refractivity (Wildman–Crippen MR) is 244 cm³/mol. The van der Waals surface area contributed by atoms with Crippen molar-refractivity contribution in [2.45, 2.75) is 38.5 Å². The van der Waals surface area contributed by atoms with Crippen LogP contribution in [0.1, 0.15) is 53.0 Å². The summed E-state index contributed by atoms with van der Waals surface area (Å²) in [5.41, 5.74) is 19.1. The number of anilines is 3. The Bertz CT molecular complexity index is 3090. The van der Waals surface area contributed by atoms with Gasteiger partial charge in [0.2, 0.25) is 0 Å². The molecule has 0 amide bonds. The molecule has 0 saturated carbocycles. The summed E-state index contributed by atoms with van der Waals surface area (Å²) in [5, 5.41) is 3.90. The van der Waals surface area contributed by atoms with Gasteiger partial charge in [0.1, 0.15) is 0 Å². The van der Waals surface area contributed by atoms with Crippen molar-refractivity contribution in [1.82, 2.24) is 13.7 Å².